The quantitative estimate of drug-likeness (QED) is 0.277. The van der Waals surface area contributed by atoms with Crippen LogP contribution in [0.2, 0.25) is 5.02 Å². The number of carbonyl (C=O) groups is 2. The number of aryl methyl sites for hydroxylation is 1. The van der Waals surface area contributed by atoms with Crippen LogP contribution in [-0.2, 0) is 0 Å². The van der Waals surface area contributed by atoms with Gasteiger partial charge in [-0.05, 0) is 73.2 Å². The normalized spacial score (nSPS) is 10.6. The molecule has 0 spiro atoms. The van der Waals surface area contributed by atoms with Crippen LogP contribution in [0.15, 0.2) is 66.7 Å². The van der Waals surface area contributed by atoms with Gasteiger partial charge < -0.3 is 15.4 Å². The second-order valence-electron chi connectivity index (χ2n) is 7.36. The van der Waals surface area contributed by atoms with Gasteiger partial charge in [-0.25, -0.2) is 0 Å². The van der Waals surface area contributed by atoms with Crippen molar-refractivity contribution >= 4 is 73.5 Å². The van der Waals surface area contributed by atoms with Crippen molar-refractivity contribution in [3.05, 3.63) is 87.8 Å². The van der Waals surface area contributed by atoms with E-state index in [0.717, 1.165) is 15.6 Å². The summed E-state index contributed by atoms with van der Waals surface area (Å²) in [6, 6.07) is 19.8. The Labute approximate surface area is 210 Å². The summed E-state index contributed by atoms with van der Waals surface area (Å²) in [7, 11) is 1.58. The van der Waals surface area contributed by atoms with Crippen LogP contribution in [0.1, 0.15) is 25.6 Å². The van der Waals surface area contributed by atoms with E-state index in [1.165, 1.54) is 11.3 Å². The average molecular weight is 510 g/mol. The highest BCUT2D eigenvalue weighted by atomic mass is 35.5. The summed E-state index contributed by atoms with van der Waals surface area (Å²) in [6.07, 6.45) is 0. The fraction of sp³-hybridized carbons (Fsp3) is 0.0800. The molecule has 34 heavy (non-hydrogen) atoms. The van der Waals surface area contributed by atoms with E-state index in [9.17, 15) is 9.59 Å². The number of benzene rings is 3. The molecule has 0 radical (unpaired) electrons. The van der Waals surface area contributed by atoms with Gasteiger partial charge in [-0.3, -0.25) is 14.9 Å². The van der Waals surface area contributed by atoms with E-state index in [-0.39, 0.29) is 11.0 Å². The molecular formula is C25H20ClN3O3S2. The van der Waals surface area contributed by atoms with Gasteiger partial charge in [0.1, 0.15) is 10.6 Å². The molecule has 0 saturated heterocycles. The van der Waals surface area contributed by atoms with Gasteiger partial charge in [-0.1, -0.05) is 29.8 Å². The summed E-state index contributed by atoms with van der Waals surface area (Å²) < 4.78 is 6.07. The first-order chi connectivity index (χ1) is 16.4. The molecule has 1 heterocycles. The zero-order valence-corrected chi connectivity index (χ0v) is 20.7. The second-order valence-corrected chi connectivity index (χ2v) is 9.20. The predicted molar refractivity (Wildman–Crippen MR) is 143 cm³/mol. The minimum Gasteiger partial charge on any atom is -0.497 e. The van der Waals surface area contributed by atoms with Crippen LogP contribution >= 0.6 is 35.2 Å². The van der Waals surface area contributed by atoms with Crippen LogP contribution in [0.3, 0.4) is 0 Å². The number of carbonyl (C=O) groups excluding carboxylic acids is 2. The first kappa shape index (κ1) is 23.7. The van der Waals surface area contributed by atoms with Gasteiger partial charge in [0.05, 0.1) is 12.1 Å². The van der Waals surface area contributed by atoms with Crippen LogP contribution < -0.4 is 20.7 Å². The van der Waals surface area contributed by atoms with Crippen LogP contribution in [0.25, 0.3) is 10.1 Å². The number of ether oxygens (including phenoxy) is 1. The van der Waals surface area contributed by atoms with Gasteiger partial charge in [-0.15, -0.1) is 11.3 Å². The summed E-state index contributed by atoms with van der Waals surface area (Å²) in [5.74, 6) is 0.109. The Kier molecular flexibility index (Phi) is 7.12. The van der Waals surface area contributed by atoms with Crippen molar-refractivity contribution in [2.24, 2.45) is 0 Å². The Morgan fingerprint density at radius 2 is 1.62 bits per heavy atom. The number of fused-ring (bicyclic) bond motifs is 1. The molecule has 0 bridgehead atoms. The minimum atomic E-state index is -0.398. The van der Waals surface area contributed by atoms with E-state index in [4.69, 9.17) is 28.6 Å². The molecule has 0 unspecified atom stereocenters. The van der Waals surface area contributed by atoms with Gasteiger partial charge in [-0.2, -0.15) is 0 Å². The van der Waals surface area contributed by atoms with Crippen molar-refractivity contribution in [3.63, 3.8) is 0 Å². The monoisotopic (exact) mass is 509 g/mol. The highest BCUT2D eigenvalue weighted by Crippen LogP contribution is 2.37. The van der Waals surface area contributed by atoms with Crippen molar-refractivity contribution in [2.45, 2.75) is 6.92 Å². The number of nitrogens with one attached hydrogen (secondary N) is 3. The lowest BCUT2D eigenvalue weighted by atomic mass is 10.1. The number of methoxy groups -OCH3 is 1. The summed E-state index contributed by atoms with van der Waals surface area (Å²) in [5, 5.41) is 9.77. The summed E-state index contributed by atoms with van der Waals surface area (Å²) in [5.41, 5.74) is 2.82. The first-order valence-electron chi connectivity index (χ1n) is 10.2. The molecule has 0 aliphatic heterocycles. The van der Waals surface area contributed by atoms with E-state index >= 15 is 0 Å². The summed E-state index contributed by atoms with van der Waals surface area (Å²) >= 11 is 13.0. The topological polar surface area (TPSA) is 79.5 Å². The second kappa shape index (κ2) is 10.2. The molecule has 0 saturated carbocycles. The zero-order chi connectivity index (χ0) is 24.2. The molecule has 172 valence electrons. The third-order valence-corrected chi connectivity index (χ3v) is 6.92. The van der Waals surface area contributed by atoms with Gasteiger partial charge >= 0.3 is 0 Å². The standard InChI is InChI=1S/C25H20ClN3O3S2/c1-14-5-3-4-6-18(14)23(30)27-15-7-9-16(10-8-15)28-25(33)29-24(31)22-21(26)19-12-11-17(32-2)13-20(19)34-22/h3-13H,1-2H3,(H,27,30)(H2,28,29,31,33). The van der Waals surface area contributed by atoms with Crippen molar-refractivity contribution in [3.8, 4) is 5.75 Å². The number of amides is 2. The molecule has 1 aromatic heterocycles. The molecule has 4 rings (SSSR count). The van der Waals surface area contributed by atoms with E-state index in [1.807, 2.05) is 37.3 Å². The molecule has 3 aromatic carbocycles. The zero-order valence-electron chi connectivity index (χ0n) is 18.3. The molecule has 0 fully saturated rings. The van der Waals surface area contributed by atoms with Crippen LogP contribution in [-0.4, -0.2) is 24.0 Å². The predicted octanol–water partition coefficient (Wildman–Crippen LogP) is 6.25. The molecule has 6 nitrogen and oxygen atoms in total. The van der Waals surface area contributed by atoms with Gasteiger partial charge in [0, 0.05) is 27.0 Å². The lowest BCUT2D eigenvalue weighted by Crippen LogP contribution is -2.33. The average Bonchev–Trinajstić information content (AvgIpc) is 3.16. The Morgan fingerprint density at radius 1 is 0.941 bits per heavy atom. The van der Waals surface area contributed by atoms with E-state index < -0.39 is 5.91 Å². The lowest BCUT2D eigenvalue weighted by Gasteiger charge is -2.11. The van der Waals surface area contributed by atoms with Crippen LogP contribution in [0.5, 0.6) is 5.75 Å². The number of rotatable bonds is 5. The largest absolute Gasteiger partial charge is 0.497 e. The number of halogens is 1. The van der Waals surface area contributed by atoms with Crippen LogP contribution in [0.4, 0.5) is 11.4 Å². The number of thiophene rings is 1. The van der Waals surface area contributed by atoms with Crippen molar-refractivity contribution in [1.82, 2.24) is 5.32 Å². The van der Waals surface area contributed by atoms with E-state index in [2.05, 4.69) is 16.0 Å². The fourth-order valence-electron chi connectivity index (χ4n) is 3.30. The molecule has 2 amide bonds. The third-order valence-electron chi connectivity index (χ3n) is 5.06. The fourth-order valence-corrected chi connectivity index (χ4v) is 4.95. The first-order valence-corrected chi connectivity index (χ1v) is 11.8. The SMILES string of the molecule is COc1ccc2c(Cl)c(C(=O)NC(=S)Nc3ccc(NC(=O)c4ccccc4C)cc3)sc2c1. The molecular weight excluding hydrogens is 490 g/mol. The number of anilines is 2. The van der Waals surface area contributed by atoms with E-state index in [0.29, 0.717) is 32.6 Å². The molecule has 4 aromatic rings. The molecule has 9 heteroatoms. The highest BCUT2D eigenvalue weighted by molar-refractivity contribution is 7.80. The maximum absolute atomic E-state index is 12.7. The highest BCUT2D eigenvalue weighted by Gasteiger charge is 2.18. The van der Waals surface area contributed by atoms with Crippen molar-refractivity contribution in [1.29, 1.82) is 0 Å². The maximum Gasteiger partial charge on any atom is 0.269 e. The Balaban J connectivity index is 1.38. The van der Waals surface area contributed by atoms with E-state index in [1.54, 1.807) is 43.5 Å². The van der Waals surface area contributed by atoms with Crippen LogP contribution in [0, 0.1) is 6.92 Å². The minimum absolute atomic E-state index is 0.132. The Bertz CT molecular complexity index is 1400. The molecule has 0 aliphatic carbocycles. The summed E-state index contributed by atoms with van der Waals surface area (Å²) in [4.78, 5) is 25.6. The lowest BCUT2D eigenvalue weighted by molar-refractivity contribution is 0.0980. The molecule has 0 atom stereocenters. The Hall–Kier alpha value is -3.46. The third kappa shape index (κ3) is 5.20. The molecule has 0 aliphatic rings. The maximum atomic E-state index is 12.7. The van der Waals surface area contributed by atoms with Gasteiger partial charge in [0.15, 0.2) is 5.11 Å². The number of thiocarbonyl (C=S) groups is 1. The Morgan fingerprint density at radius 3 is 2.29 bits per heavy atom. The summed E-state index contributed by atoms with van der Waals surface area (Å²) in [6.45, 7) is 1.89. The van der Waals surface area contributed by atoms with Crippen molar-refractivity contribution < 1.29 is 14.3 Å². The van der Waals surface area contributed by atoms with Crippen molar-refractivity contribution in [2.75, 3.05) is 17.7 Å². The number of hydrogen-bond donors (Lipinski definition) is 3. The van der Waals surface area contributed by atoms with Gasteiger partial charge in [0.2, 0.25) is 0 Å². The molecule has 3 N–H and O–H groups in total. The number of hydrogen-bond acceptors (Lipinski definition) is 5. The smallest absolute Gasteiger partial charge is 0.269 e. The van der Waals surface area contributed by atoms with Gasteiger partial charge in [0.25, 0.3) is 11.8 Å².